The minimum Gasteiger partial charge on any atom is -0.481 e. The van der Waals surface area contributed by atoms with E-state index < -0.39 is 18.2 Å². The van der Waals surface area contributed by atoms with Gasteiger partial charge in [0.2, 0.25) is 0 Å². The molecule has 0 aliphatic heterocycles. The van der Waals surface area contributed by atoms with Crippen LogP contribution in [0.2, 0.25) is 0 Å². The largest absolute Gasteiger partial charge is 0.481 e. The van der Waals surface area contributed by atoms with E-state index in [-0.39, 0.29) is 0 Å². The van der Waals surface area contributed by atoms with E-state index in [0.29, 0.717) is 12.8 Å². The zero-order valence-electron chi connectivity index (χ0n) is 15.0. The molecule has 0 heterocycles. The molecule has 0 bridgehead atoms. The van der Waals surface area contributed by atoms with Crippen molar-refractivity contribution in [3.8, 4) is 0 Å². The lowest BCUT2D eigenvalue weighted by molar-refractivity contribution is -0.137. The summed E-state index contributed by atoms with van der Waals surface area (Å²) in [4.78, 5) is 10.4. The number of aliphatic hydroxyl groups is 2. The molecular formula is C19H38O4. The van der Waals surface area contributed by atoms with E-state index in [9.17, 15) is 15.0 Å². The van der Waals surface area contributed by atoms with Crippen molar-refractivity contribution in [3.05, 3.63) is 0 Å². The van der Waals surface area contributed by atoms with Crippen molar-refractivity contribution < 1.29 is 20.1 Å². The smallest absolute Gasteiger partial charge is 0.303 e. The molecule has 0 spiro atoms. The molecule has 0 fully saturated rings. The molecule has 0 amide bonds. The Labute approximate surface area is 142 Å². The molecule has 0 aromatic rings. The second-order valence-electron chi connectivity index (χ2n) is 6.72. The second kappa shape index (κ2) is 16.3. The average Bonchev–Trinajstić information content (AvgIpc) is 2.53. The zero-order valence-corrected chi connectivity index (χ0v) is 15.0. The summed E-state index contributed by atoms with van der Waals surface area (Å²) in [5, 5.41) is 27.6. The second-order valence-corrected chi connectivity index (χ2v) is 6.72. The summed E-state index contributed by atoms with van der Waals surface area (Å²) in [6.07, 6.45) is 14.6. The number of carboxylic acids is 1. The monoisotopic (exact) mass is 330 g/mol. The Morgan fingerprint density at radius 3 is 1.48 bits per heavy atom. The van der Waals surface area contributed by atoms with Gasteiger partial charge in [-0.05, 0) is 19.3 Å². The van der Waals surface area contributed by atoms with Crippen molar-refractivity contribution in [2.75, 3.05) is 0 Å². The van der Waals surface area contributed by atoms with E-state index in [1.807, 2.05) is 6.92 Å². The third-order valence-corrected chi connectivity index (χ3v) is 4.50. The van der Waals surface area contributed by atoms with Crippen LogP contribution >= 0.6 is 0 Å². The summed E-state index contributed by atoms with van der Waals surface area (Å²) >= 11 is 0. The van der Waals surface area contributed by atoms with Crippen molar-refractivity contribution in [2.24, 2.45) is 0 Å². The van der Waals surface area contributed by atoms with Crippen molar-refractivity contribution in [1.82, 2.24) is 0 Å². The maximum Gasteiger partial charge on any atom is 0.303 e. The summed E-state index contributed by atoms with van der Waals surface area (Å²) in [6, 6.07) is 0. The Kier molecular flexibility index (Phi) is 15.8. The van der Waals surface area contributed by atoms with Gasteiger partial charge in [0.25, 0.3) is 0 Å². The lowest BCUT2D eigenvalue weighted by Gasteiger charge is -2.15. The highest BCUT2D eigenvalue weighted by atomic mass is 16.4. The fourth-order valence-electron chi connectivity index (χ4n) is 2.86. The molecule has 23 heavy (non-hydrogen) atoms. The fourth-order valence-corrected chi connectivity index (χ4v) is 2.86. The topological polar surface area (TPSA) is 77.8 Å². The summed E-state index contributed by atoms with van der Waals surface area (Å²) in [5.41, 5.74) is 0. The summed E-state index contributed by atoms with van der Waals surface area (Å²) in [5.74, 6) is -0.680. The molecule has 4 heteroatoms. The van der Waals surface area contributed by atoms with E-state index in [0.717, 1.165) is 32.1 Å². The Hall–Kier alpha value is -0.610. The summed E-state index contributed by atoms with van der Waals surface area (Å²) in [6.45, 7) is 1.89. The lowest BCUT2D eigenvalue weighted by Crippen LogP contribution is -2.24. The predicted octanol–water partition coefficient (Wildman–Crippen LogP) is 4.66. The third kappa shape index (κ3) is 16.0. The van der Waals surface area contributed by atoms with Crippen molar-refractivity contribution in [3.63, 3.8) is 0 Å². The number of hydrogen-bond acceptors (Lipinski definition) is 3. The van der Waals surface area contributed by atoms with Gasteiger partial charge >= 0.3 is 5.97 Å². The number of hydrogen-bond donors (Lipinski definition) is 3. The van der Waals surface area contributed by atoms with Crippen LogP contribution in [-0.4, -0.2) is 33.5 Å². The molecule has 0 aromatic heterocycles. The van der Waals surface area contributed by atoms with E-state index in [1.165, 1.54) is 51.4 Å². The van der Waals surface area contributed by atoms with Gasteiger partial charge < -0.3 is 15.3 Å². The Morgan fingerprint density at radius 2 is 1.09 bits per heavy atom. The lowest BCUT2D eigenvalue weighted by atomic mass is 10.0. The van der Waals surface area contributed by atoms with Crippen LogP contribution in [0.4, 0.5) is 0 Å². The van der Waals surface area contributed by atoms with Gasteiger partial charge in [-0.3, -0.25) is 4.79 Å². The molecule has 0 aliphatic carbocycles. The molecule has 3 N–H and O–H groups in total. The maximum atomic E-state index is 10.4. The van der Waals surface area contributed by atoms with Crippen LogP contribution in [0.15, 0.2) is 0 Å². The van der Waals surface area contributed by atoms with Crippen LogP contribution in [0.25, 0.3) is 0 Å². The van der Waals surface area contributed by atoms with Gasteiger partial charge in [-0.1, -0.05) is 77.6 Å². The van der Waals surface area contributed by atoms with Gasteiger partial charge in [0.15, 0.2) is 0 Å². The van der Waals surface area contributed by atoms with Crippen molar-refractivity contribution >= 4 is 5.97 Å². The number of aliphatic carboxylic acids is 1. The van der Waals surface area contributed by atoms with Crippen LogP contribution in [0.1, 0.15) is 103 Å². The van der Waals surface area contributed by atoms with Crippen LogP contribution in [-0.2, 0) is 4.79 Å². The average molecular weight is 331 g/mol. The standard InChI is InChI=1S/C19H38O4/c1-2-17(20)18(21)15-13-11-9-7-5-3-4-6-8-10-12-14-16-19(22)23/h17-18,20-21H,2-16H2,1H3,(H,22,23). The van der Waals surface area contributed by atoms with Crippen LogP contribution in [0.3, 0.4) is 0 Å². The molecule has 0 saturated carbocycles. The molecule has 2 atom stereocenters. The molecule has 0 radical (unpaired) electrons. The predicted molar refractivity (Wildman–Crippen MR) is 94.6 cm³/mol. The fraction of sp³-hybridized carbons (Fsp3) is 0.947. The Bertz CT molecular complexity index is 268. The molecule has 0 saturated heterocycles. The van der Waals surface area contributed by atoms with Gasteiger partial charge in [-0.15, -0.1) is 0 Å². The first-order valence-electron chi connectivity index (χ1n) is 9.65. The quantitative estimate of drug-likeness (QED) is 0.339. The minimum absolute atomic E-state index is 0.314. The minimum atomic E-state index is -0.680. The molecule has 2 unspecified atom stereocenters. The van der Waals surface area contributed by atoms with E-state index >= 15 is 0 Å². The number of unbranched alkanes of at least 4 members (excludes halogenated alkanes) is 11. The van der Waals surface area contributed by atoms with Crippen molar-refractivity contribution in [1.29, 1.82) is 0 Å². The van der Waals surface area contributed by atoms with Gasteiger partial charge in [-0.25, -0.2) is 0 Å². The van der Waals surface area contributed by atoms with E-state index in [2.05, 4.69) is 0 Å². The molecule has 0 aromatic carbocycles. The third-order valence-electron chi connectivity index (χ3n) is 4.50. The normalized spacial score (nSPS) is 13.9. The summed E-state index contributed by atoms with van der Waals surface area (Å²) in [7, 11) is 0. The van der Waals surface area contributed by atoms with Crippen LogP contribution < -0.4 is 0 Å². The van der Waals surface area contributed by atoms with Gasteiger partial charge in [-0.2, -0.15) is 0 Å². The molecule has 4 nitrogen and oxygen atoms in total. The first-order valence-corrected chi connectivity index (χ1v) is 9.65. The van der Waals surface area contributed by atoms with E-state index in [1.54, 1.807) is 0 Å². The first kappa shape index (κ1) is 22.4. The highest BCUT2D eigenvalue weighted by molar-refractivity contribution is 5.66. The number of aliphatic hydroxyl groups excluding tert-OH is 2. The number of carbonyl (C=O) groups is 1. The highest BCUT2D eigenvalue weighted by Crippen LogP contribution is 2.14. The van der Waals surface area contributed by atoms with Gasteiger partial charge in [0.05, 0.1) is 12.2 Å². The zero-order chi connectivity index (χ0) is 17.3. The number of carboxylic acid groups (broad SMARTS) is 1. The van der Waals surface area contributed by atoms with Crippen LogP contribution in [0, 0.1) is 0 Å². The molecular weight excluding hydrogens is 292 g/mol. The number of rotatable bonds is 17. The SMILES string of the molecule is CCC(O)C(O)CCCCCCCCCCCCCCC(=O)O. The Balaban J connectivity index is 3.12. The van der Waals surface area contributed by atoms with Crippen LogP contribution in [0.5, 0.6) is 0 Å². The van der Waals surface area contributed by atoms with Gasteiger partial charge in [0.1, 0.15) is 0 Å². The Morgan fingerprint density at radius 1 is 0.696 bits per heavy atom. The first-order chi connectivity index (χ1) is 11.1. The molecule has 0 aliphatic rings. The maximum absolute atomic E-state index is 10.4. The van der Waals surface area contributed by atoms with Crippen molar-refractivity contribution in [2.45, 2.75) is 115 Å². The van der Waals surface area contributed by atoms with Gasteiger partial charge in [0, 0.05) is 6.42 Å². The highest BCUT2D eigenvalue weighted by Gasteiger charge is 2.12. The van der Waals surface area contributed by atoms with E-state index in [4.69, 9.17) is 5.11 Å². The molecule has 0 rings (SSSR count). The summed E-state index contributed by atoms with van der Waals surface area (Å²) < 4.78 is 0. The molecule has 138 valence electrons.